The van der Waals surface area contributed by atoms with Gasteiger partial charge in [-0.05, 0) is 24.3 Å². The van der Waals surface area contributed by atoms with Crippen molar-refractivity contribution in [1.82, 2.24) is 5.32 Å². The second-order valence-electron chi connectivity index (χ2n) is 3.95. The predicted octanol–water partition coefficient (Wildman–Crippen LogP) is 3.34. The summed E-state index contributed by atoms with van der Waals surface area (Å²) in [6, 6.07) is 11.6. The zero-order valence-corrected chi connectivity index (χ0v) is 11.0. The second-order valence-corrected chi connectivity index (χ2v) is 4.38. The molecule has 0 amide bonds. The van der Waals surface area contributed by atoms with Crippen LogP contribution in [-0.2, 0) is 11.3 Å². The minimum atomic E-state index is 0.696. The third-order valence-electron chi connectivity index (χ3n) is 2.55. The van der Waals surface area contributed by atoms with Gasteiger partial charge in [-0.25, -0.2) is 0 Å². The summed E-state index contributed by atoms with van der Waals surface area (Å²) in [5, 5.41) is 3.95. The van der Waals surface area contributed by atoms with Gasteiger partial charge >= 0.3 is 0 Å². The minimum Gasteiger partial charge on any atom is -0.460 e. The summed E-state index contributed by atoms with van der Waals surface area (Å²) in [5.41, 5.74) is 0.991. The lowest BCUT2D eigenvalue weighted by Gasteiger charge is -2.01. The van der Waals surface area contributed by atoms with E-state index >= 15 is 0 Å². The molecule has 0 fully saturated rings. The number of methoxy groups -OCH3 is 1. The molecule has 0 aliphatic rings. The quantitative estimate of drug-likeness (QED) is 0.814. The highest BCUT2D eigenvalue weighted by Crippen LogP contribution is 2.24. The Kier molecular flexibility index (Phi) is 4.81. The van der Waals surface area contributed by atoms with Crippen molar-refractivity contribution >= 4 is 11.6 Å². The highest BCUT2D eigenvalue weighted by Gasteiger charge is 2.04. The van der Waals surface area contributed by atoms with Crippen molar-refractivity contribution in [3.8, 4) is 11.3 Å². The first kappa shape index (κ1) is 13.1. The summed E-state index contributed by atoms with van der Waals surface area (Å²) in [7, 11) is 1.69. The molecular weight excluding hydrogens is 250 g/mol. The first-order chi connectivity index (χ1) is 8.79. The van der Waals surface area contributed by atoms with Gasteiger partial charge in [-0.2, -0.15) is 0 Å². The molecule has 0 aliphatic carbocycles. The van der Waals surface area contributed by atoms with Gasteiger partial charge in [-0.3, -0.25) is 0 Å². The lowest BCUT2D eigenvalue weighted by molar-refractivity contribution is 0.198. The van der Waals surface area contributed by atoms with E-state index in [0.717, 1.165) is 23.6 Å². The third-order valence-corrected chi connectivity index (χ3v) is 2.79. The van der Waals surface area contributed by atoms with E-state index in [9.17, 15) is 0 Å². The van der Waals surface area contributed by atoms with E-state index in [0.29, 0.717) is 18.2 Å². The molecule has 18 heavy (non-hydrogen) atoms. The van der Waals surface area contributed by atoms with Crippen LogP contribution in [0.25, 0.3) is 11.3 Å². The number of rotatable bonds is 6. The van der Waals surface area contributed by atoms with Gasteiger partial charge in [-0.1, -0.05) is 23.7 Å². The molecule has 0 unspecified atom stereocenters. The van der Waals surface area contributed by atoms with Crippen molar-refractivity contribution in [2.24, 2.45) is 0 Å². The van der Waals surface area contributed by atoms with Crippen LogP contribution in [0.4, 0.5) is 0 Å². The summed E-state index contributed by atoms with van der Waals surface area (Å²) in [4.78, 5) is 0. The number of furan rings is 1. The van der Waals surface area contributed by atoms with Crippen molar-refractivity contribution in [2.75, 3.05) is 20.3 Å². The van der Waals surface area contributed by atoms with E-state index in [1.165, 1.54) is 0 Å². The number of halogens is 1. The Morgan fingerprint density at radius 1 is 1.28 bits per heavy atom. The fraction of sp³-hybridized carbons (Fsp3) is 0.286. The summed E-state index contributed by atoms with van der Waals surface area (Å²) < 4.78 is 10.7. The molecule has 0 spiro atoms. The molecule has 0 saturated heterocycles. The van der Waals surface area contributed by atoms with E-state index in [4.69, 9.17) is 20.8 Å². The molecule has 0 saturated carbocycles. The SMILES string of the molecule is COCCNCc1ccc(-c2cccc(Cl)c2)o1. The molecule has 1 heterocycles. The zero-order chi connectivity index (χ0) is 12.8. The molecule has 3 nitrogen and oxygen atoms in total. The number of hydrogen-bond acceptors (Lipinski definition) is 3. The lowest BCUT2D eigenvalue weighted by atomic mass is 10.2. The highest BCUT2D eigenvalue weighted by atomic mass is 35.5. The van der Waals surface area contributed by atoms with Gasteiger partial charge in [0.15, 0.2) is 0 Å². The van der Waals surface area contributed by atoms with Gasteiger partial charge in [0, 0.05) is 24.2 Å². The number of hydrogen-bond donors (Lipinski definition) is 1. The van der Waals surface area contributed by atoms with E-state index in [1.807, 2.05) is 36.4 Å². The highest BCUT2D eigenvalue weighted by molar-refractivity contribution is 6.30. The summed E-state index contributed by atoms with van der Waals surface area (Å²) in [6.07, 6.45) is 0. The van der Waals surface area contributed by atoms with Crippen LogP contribution >= 0.6 is 11.6 Å². The van der Waals surface area contributed by atoms with Crippen LogP contribution in [0.15, 0.2) is 40.8 Å². The molecule has 1 aromatic heterocycles. The normalized spacial score (nSPS) is 10.8. The van der Waals surface area contributed by atoms with Crippen LogP contribution in [0.5, 0.6) is 0 Å². The average molecular weight is 266 g/mol. The maximum absolute atomic E-state index is 5.95. The lowest BCUT2D eigenvalue weighted by Crippen LogP contribution is -2.18. The standard InChI is InChI=1S/C14H16ClNO2/c1-17-8-7-16-10-13-5-6-14(18-13)11-3-2-4-12(15)9-11/h2-6,9,16H,7-8,10H2,1H3. The van der Waals surface area contributed by atoms with Crippen LogP contribution in [-0.4, -0.2) is 20.3 Å². The zero-order valence-electron chi connectivity index (χ0n) is 10.3. The first-order valence-electron chi connectivity index (χ1n) is 5.84. The Morgan fingerprint density at radius 2 is 2.17 bits per heavy atom. The van der Waals surface area contributed by atoms with Gasteiger partial charge in [0.25, 0.3) is 0 Å². The second kappa shape index (κ2) is 6.59. The molecule has 1 aromatic carbocycles. The minimum absolute atomic E-state index is 0.696. The van der Waals surface area contributed by atoms with Crippen LogP contribution < -0.4 is 5.32 Å². The maximum Gasteiger partial charge on any atom is 0.134 e. The molecule has 2 rings (SSSR count). The summed E-state index contributed by atoms with van der Waals surface area (Å²) >= 11 is 5.95. The predicted molar refractivity (Wildman–Crippen MR) is 72.7 cm³/mol. The fourth-order valence-electron chi connectivity index (χ4n) is 1.66. The Hall–Kier alpha value is -1.29. The van der Waals surface area contributed by atoms with E-state index < -0.39 is 0 Å². The molecule has 96 valence electrons. The smallest absolute Gasteiger partial charge is 0.134 e. The van der Waals surface area contributed by atoms with Gasteiger partial charge < -0.3 is 14.5 Å². The average Bonchev–Trinajstić information content (AvgIpc) is 2.83. The molecular formula is C14H16ClNO2. The molecule has 1 N–H and O–H groups in total. The molecule has 2 aromatic rings. The Bertz CT molecular complexity index is 496. The topological polar surface area (TPSA) is 34.4 Å². The fourth-order valence-corrected chi connectivity index (χ4v) is 1.85. The Labute approximate surface area is 112 Å². The Balaban J connectivity index is 1.97. The van der Waals surface area contributed by atoms with Gasteiger partial charge in [-0.15, -0.1) is 0 Å². The van der Waals surface area contributed by atoms with Crippen molar-refractivity contribution in [3.63, 3.8) is 0 Å². The molecule has 4 heteroatoms. The van der Waals surface area contributed by atoms with Gasteiger partial charge in [0.05, 0.1) is 13.2 Å². The maximum atomic E-state index is 5.95. The number of benzene rings is 1. The molecule has 0 bridgehead atoms. The van der Waals surface area contributed by atoms with Crippen LogP contribution in [0.1, 0.15) is 5.76 Å². The largest absolute Gasteiger partial charge is 0.460 e. The first-order valence-corrected chi connectivity index (χ1v) is 6.21. The summed E-state index contributed by atoms with van der Waals surface area (Å²) in [5.74, 6) is 1.74. The molecule has 0 aliphatic heterocycles. The van der Waals surface area contributed by atoms with Crippen LogP contribution in [0.3, 0.4) is 0 Å². The third kappa shape index (κ3) is 3.60. The van der Waals surface area contributed by atoms with Crippen molar-refractivity contribution in [3.05, 3.63) is 47.2 Å². The van der Waals surface area contributed by atoms with Crippen LogP contribution in [0, 0.1) is 0 Å². The summed E-state index contributed by atoms with van der Waals surface area (Å²) in [6.45, 7) is 2.20. The van der Waals surface area contributed by atoms with E-state index in [2.05, 4.69) is 5.32 Å². The molecule has 0 radical (unpaired) electrons. The number of ether oxygens (including phenoxy) is 1. The monoisotopic (exact) mass is 265 g/mol. The van der Waals surface area contributed by atoms with E-state index in [-0.39, 0.29) is 0 Å². The Morgan fingerprint density at radius 3 is 2.94 bits per heavy atom. The molecule has 0 atom stereocenters. The van der Waals surface area contributed by atoms with E-state index in [1.54, 1.807) is 7.11 Å². The van der Waals surface area contributed by atoms with Crippen molar-refractivity contribution in [1.29, 1.82) is 0 Å². The van der Waals surface area contributed by atoms with Gasteiger partial charge in [0.2, 0.25) is 0 Å². The van der Waals surface area contributed by atoms with Crippen molar-refractivity contribution < 1.29 is 9.15 Å². The van der Waals surface area contributed by atoms with Crippen molar-refractivity contribution in [2.45, 2.75) is 6.54 Å². The number of nitrogens with one attached hydrogen (secondary N) is 1. The van der Waals surface area contributed by atoms with Crippen LogP contribution in [0.2, 0.25) is 5.02 Å². The van der Waals surface area contributed by atoms with Gasteiger partial charge in [0.1, 0.15) is 11.5 Å².